The molecule has 0 spiro atoms. The summed E-state index contributed by atoms with van der Waals surface area (Å²) in [4.78, 5) is 25.0. The zero-order valence-electron chi connectivity index (χ0n) is 17.7. The van der Waals surface area contributed by atoms with Gasteiger partial charge in [-0.2, -0.15) is 0 Å². The predicted octanol–water partition coefficient (Wildman–Crippen LogP) is 5.03. The Labute approximate surface area is 188 Å². The topological polar surface area (TPSA) is 94.1 Å². The van der Waals surface area contributed by atoms with Gasteiger partial charge in [-0.15, -0.1) is 0 Å². The number of hydrogen-bond donors (Lipinski definition) is 1. The molecule has 33 heavy (non-hydrogen) atoms. The average molecular weight is 442 g/mol. The highest BCUT2D eigenvalue weighted by molar-refractivity contribution is 5.94. The van der Waals surface area contributed by atoms with Crippen molar-refractivity contribution in [2.24, 2.45) is 0 Å². The summed E-state index contributed by atoms with van der Waals surface area (Å²) in [7, 11) is 1.58. The zero-order chi connectivity index (χ0) is 22.8. The minimum Gasteiger partial charge on any atom is -0.438 e. The number of hydrogen-bond acceptors (Lipinski definition) is 6. The van der Waals surface area contributed by atoms with Gasteiger partial charge in [0.05, 0.1) is 5.39 Å². The van der Waals surface area contributed by atoms with Gasteiger partial charge in [-0.25, -0.2) is 19.3 Å². The summed E-state index contributed by atoms with van der Waals surface area (Å²) in [5.41, 5.74) is 2.99. The normalized spacial score (nSPS) is 11.1. The molecule has 0 atom stereocenters. The van der Waals surface area contributed by atoms with Gasteiger partial charge in [-0.05, 0) is 30.3 Å². The summed E-state index contributed by atoms with van der Waals surface area (Å²) < 4.78 is 25.6. The molecule has 0 fully saturated rings. The summed E-state index contributed by atoms with van der Waals surface area (Å²) >= 11 is 0. The van der Waals surface area contributed by atoms with Crippen molar-refractivity contribution in [3.05, 3.63) is 78.7 Å². The van der Waals surface area contributed by atoms with Crippen LogP contribution < -0.4 is 5.32 Å². The number of nitrogens with zero attached hydrogens (tertiary/aromatic N) is 3. The standard InChI is InChI=1S/C25H19FN4O3/c1-27-20(31)11-12-21-30-22(16-7-9-17(26)10-8-16)24(33-21)23-18-13-19(15-5-3-2-4-6-15)32-25(18)29-14-28-23/h2-10,13-14H,11-12H2,1H3,(H,27,31). The largest absolute Gasteiger partial charge is 0.438 e. The maximum absolute atomic E-state index is 13.5. The van der Waals surface area contributed by atoms with Crippen molar-refractivity contribution in [1.82, 2.24) is 20.3 Å². The first-order valence-corrected chi connectivity index (χ1v) is 10.4. The van der Waals surface area contributed by atoms with E-state index >= 15 is 0 Å². The zero-order valence-corrected chi connectivity index (χ0v) is 17.7. The number of aryl methyl sites for hydroxylation is 1. The van der Waals surface area contributed by atoms with Crippen molar-refractivity contribution in [1.29, 1.82) is 0 Å². The Kier molecular flexibility index (Phi) is 5.40. The van der Waals surface area contributed by atoms with Gasteiger partial charge in [-0.3, -0.25) is 4.79 Å². The van der Waals surface area contributed by atoms with Crippen LogP contribution >= 0.6 is 0 Å². The van der Waals surface area contributed by atoms with Crippen molar-refractivity contribution in [2.45, 2.75) is 12.8 Å². The summed E-state index contributed by atoms with van der Waals surface area (Å²) in [5.74, 6) is 0.961. The monoisotopic (exact) mass is 442 g/mol. The number of oxazole rings is 1. The predicted molar refractivity (Wildman–Crippen MR) is 121 cm³/mol. The van der Waals surface area contributed by atoms with Gasteiger partial charge in [0.2, 0.25) is 11.6 Å². The van der Waals surface area contributed by atoms with Crippen LogP contribution in [0.25, 0.3) is 45.1 Å². The average Bonchev–Trinajstić information content (AvgIpc) is 3.48. The molecule has 0 aliphatic heterocycles. The second-order valence-electron chi connectivity index (χ2n) is 7.38. The molecule has 0 saturated carbocycles. The lowest BCUT2D eigenvalue weighted by molar-refractivity contribution is -0.120. The summed E-state index contributed by atoms with van der Waals surface area (Å²) in [6, 6.07) is 17.5. The lowest BCUT2D eigenvalue weighted by Crippen LogP contribution is -2.17. The van der Waals surface area contributed by atoms with Crippen LogP contribution in [-0.4, -0.2) is 27.9 Å². The number of aromatic nitrogens is 3. The second kappa shape index (κ2) is 8.66. The minimum atomic E-state index is -0.351. The van der Waals surface area contributed by atoms with E-state index in [-0.39, 0.29) is 18.1 Å². The Hall–Kier alpha value is -4.33. The van der Waals surface area contributed by atoms with E-state index in [9.17, 15) is 9.18 Å². The Morgan fingerprint density at radius 1 is 0.970 bits per heavy atom. The molecule has 164 valence electrons. The molecule has 1 N–H and O–H groups in total. The van der Waals surface area contributed by atoms with Crippen molar-refractivity contribution in [3.8, 4) is 34.0 Å². The van der Waals surface area contributed by atoms with Crippen LogP contribution in [0.4, 0.5) is 4.39 Å². The maximum Gasteiger partial charge on any atom is 0.230 e. The van der Waals surface area contributed by atoms with Gasteiger partial charge in [0, 0.05) is 31.0 Å². The van der Waals surface area contributed by atoms with E-state index in [0.29, 0.717) is 51.9 Å². The Balaban J connectivity index is 1.64. The molecule has 0 saturated heterocycles. The fraction of sp³-hybridized carbons (Fsp3) is 0.120. The maximum atomic E-state index is 13.5. The van der Waals surface area contributed by atoms with Gasteiger partial charge >= 0.3 is 0 Å². The van der Waals surface area contributed by atoms with E-state index in [0.717, 1.165) is 5.56 Å². The van der Waals surface area contributed by atoms with Gasteiger partial charge in [0.1, 0.15) is 29.3 Å². The number of carbonyl (C=O) groups excluding carboxylic acids is 1. The van der Waals surface area contributed by atoms with E-state index in [1.54, 1.807) is 19.2 Å². The Morgan fingerprint density at radius 2 is 1.76 bits per heavy atom. The third-order valence-electron chi connectivity index (χ3n) is 5.24. The molecule has 3 heterocycles. The lowest BCUT2D eigenvalue weighted by atomic mass is 10.1. The molecule has 0 aliphatic carbocycles. The van der Waals surface area contributed by atoms with Crippen molar-refractivity contribution < 1.29 is 18.0 Å². The number of halogens is 1. The molecular formula is C25H19FN4O3. The molecule has 7 nitrogen and oxygen atoms in total. The van der Waals surface area contributed by atoms with Gasteiger partial charge in [0.25, 0.3) is 0 Å². The van der Waals surface area contributed by atoms with E-state index in [1.807, 2.05) is 36.4 Å². The molecule has 0 bridgehead atoms. The van der Waals surface area contributed by atoms with Crippen LogP contribution in [0, 0.1) is 5.82 Å². The number of carbonyl (C=O) groups is 1. The van der Waals surface area contributed by atoms with E-state index in [1.165, 1.54) is 18.5 Å². The third-order valence-corrected chi connectivity index (χ3v) is 5.24. The minimum absolute atomic E-state index is 0.121. The highest BCUT2D eigenvalue weighted by Gasteiger charge is 2.22. The number of benzene rings is 2. The first kappa shape index (κ1) is 20.6. The third kappa shape index (κ3) is 4.10. The molecular weight excluding hydrogens is 423 g/mol. The SMILES string of the molecule is CNC(=O)CCc1nc(-c2ccc(F)cc2)c(-c2ncnc3oc(-c4ccccc4)cc23)o1. The lowest BCUT2D eigenvalue weighted by Gasteiger charge is -2.01. The number of nitrogens with one attached hydrogen (secondary N) is 1. The van der Waals surface area contributed by atoms with E-state index in [4.69, 9.17) is 8.83 Å². The molecule has 0 radical (unpaired) electrons. The van der Waals surface area contributed by atoms with Crippen molar-refractivity contribution in [3.63, 3.8) is 0 Å². The van der Waals surface area contributed by atoms with Crippen molar-refractivity contribution in [2.75, 3.05) is 7.05 Å². The summed E-state index contributed by atoms with van der Waals surface area (Å²) in [6.07, 6.45) is 1.93. The summed E-state index contributed by atoms with van der Waals surface area (Å²) in [6.45, 7) is 0. The molecule has 8 heteroatoms. The number of rotatable bonds is 6. The molecule has 1 amide bonds. The number of amides is 1. The molecule has 2 aromatic carbocycles. The second-order valence-corrected chi connectivity index (χ2v) is 7.38. The highest BCUT2D eigenvalue weighted by Crippen LogP contribution is 2.37. The fourth-order valence-corrected chi connectivity index (χ4v) is 3.56. The first-order valence-electron chi connectivity index (χ1n) is 10.4. The fourth-order valence-electron chi connectivity index (χ4n) is 3.56. The van der Waals surface area contributed by atoms with Crippen LogP contribution in [0.2, 0.25) is 0 Å². The Morgan fingerprint density at radius 3 is 2.52 bits per heavy atom. The Bertz CT molecular complexity index is 1430. The molecule has 5 aromatic rings. The summed E-state index contributed by atoms with van der Waals surface area (Å²) in [5, 5.41) is 3.25. The van der Waals surface area contributed by atoms with Gasteiger partial charge < -0.3 is 14.2 Å². The van der Waals surface area contributed by atoms with Crippen LogP contribution in [0.15, 0.2) is 75.8 Å². The smallest absolute Gasteiger partial charge is 0.230 e. The number of fused-ring (bicyclic) bond motifs is 1. The van der Waals surface area contributed by atoms with Gasteiger partial charge in [-0.1, -0.05) is 30.3 Å². The molecule has 5 rings (SSSR count). The quantitative estimate of drug-likeness (QED) is 0.396. The molecule has 3 aromatic heterocycles. The number of furan rings is 1. The molecule has 0 unspecified atom stereocenters. The van der Waals surface area contributed by atoms with Crippen LogP contribution in [0.1, 0.15) is 12.3 Å². The van der Waals surface area contributed by atoms with Crippen LogP contribution in [0.3, 0.4) is 0 Å². The van der Waals surface area contributed by atoms with Gasteiger partial charge in [0.15, 0.2) is 11.7 Å². The van der Waals surface area contributed by atoms with E-state index < -0.39 is 0 Å². The first-order chi connectivity index (χ1) is 16.1. The van der Waals surface area contributed by atoms with E-state index in [2.05, 4.69) is 20.3 Å². The van der Waals surface area contributed by atoms with Crippen molar-refractivity contribution >= 4 is 17.0 Å². The molecule has 0 aliphatic rings. The van der Waals surface area contributed by atoms with Crippen LogP contribution in [0.5, 0.6) is 0 Å². The van der Waals surface area contributed by atoms with Crippen LogP contribution in [-0.2, 0) is 11.2 Å². The highest BCUT2D eigenvalue weighted by atomic mass is 19.1.